The summed E-state index contributed by atoms with van der Waals surface area (Å²) in [5.41, 5.74) is 0.566. The first-order valence-corrected chi connectivity index (χ1v) is 5.04. The van der Waals surface area contributed by atoms with Gasteiger partial charge in [0, 0.05) is 12.0 Å². The molecule has 0 aromatic carbocycles. The number of carbonyl (C=O) groups is 1. The molecule has 0 aliphatic carbocycles. The predicted octanol–water partition coefficient (Wildman–Crippen LogP) is 2.69. The molecule has 0 unspecified atom stereocenters. The quantitative estimate of drug-likeness (QED) is 0.298. The van der Waals surface area contributed by atoms with E-state index in [1.54, 1.807) is 19.9 Å². The highest BCUT2D eigenvalue weighted by Gasteiger charge is 2.01. The topological polar surface area (TPSA) is 26.3 Å². The predicted molar refractivity (Wildman–Crippen MR) is 57.7 cm³/mol. The molecule has 2 heteroatoms. The fraction of sp³-hybridized carbons (Fsp3) is 0.583. The standard InChI is InChI=1S/C12H18O2/c1-4-6-7-8-9-10-11(3)12(13)14-5-2/h10H,4-7H2,1-3H3/b11-10+. The minimum atomic E-state index is -0.280. The van der Waals surface area contributed by atoms with E-state index in [1.807, 2.05) is 0 Å². The maximum atomic E-state index is 11.1. The lowest BCUT2D eigenvalue weighted by Gasteiger charge is -1.98. The van der Waals surface area contributed by atoms with Crippen LogP contribution >= 0.6 is 0 Å². The molecule has 0 fully saturated rings. The van der Waals surface area contributed by atoms with Crippen molar-refractivity contribution in [1.29, 1.82) is 0 Å². The Hall–Kier alpha value is -1.23. The van der Waals surface area contributed by atoms with Gasteiger partial charge in [0.1, 0.15) is 0 Å². The molecule has 0 N–H and O–H groups in total. The SMILES string of the molecule is CCCCC#C/C=C(\C)C(=O)OCC. The summed E-state index contributed by atoms with van der Waals surface area (Å²) >= 11 is 0. The van der Waals surface area contributed by atoms with Crippen LogP contribution in [0.5, 0.6) is 0 Å². The molecule has 0 aromatic heterocycles. The van der Waals surface area contributed by atoms with Crippen LogP contribution in [-0.2, 0) is 9.53 Å². The molecule has 0 atom stereocenters. The van der Waals surface area contributed by atoms with Crippen LogP contribution < -0.4 is 0 Å². The summed E-state index contributed by atoms with van der Waals surface area (Å²) in [6, 6.07) is 0. The molecule has 0 aliphatic rings. The van der Waals surface area contributed by atoms with Crippen molar-refractivity contribution >= 4 is 5.97 Å². The van der Waals surface area contributed by atoms with Crippen molar-refractivity contribution in [2.45, 2.75) is 40.0 Å². The summed E-state index contributed by atoms with van der Waals surface area (Å²) in [4.78, 5) is 11.1. The average Bonchev–Trinajstić information content (AvgIpc) is 2.17. The van der Waals surface area contributed by atoms with Crippen molar-refractivity contribution in [3.63, 3.8) is 0 Å². The number of unbranched alkanes of at least 4 members (excludes halogenated alkanes) is 2. The number of allylic oxidation sites excluding steroid dienone is 1. The van der Waals surface area contributed by atoms with Crippen LogP contribution in [0.4, 0.5) is 0 Å². The van der Waals surface area contributed by atoms with Gasteiger partial charge < -0.3 is 4.74 Å². The molecular formula is C12H18O2. The summed E-state index contributed by atoms with van der Waals surface area (Å²) in [6.07, 6.45) is 4.77. The fourth-order valence-corrected chi connectivity index (χ4v) is 0.800. The number of ether oxygens (including phenoxy) is 1. The zero-order chi connectivity index (χ0) is 10.8. The van der Waals surface area contributed by atoms with Crippen LogP contribution in [0, 0.1) is 11.8 Å². The van der Waals surface area contributed by atoms with Gasteiger partial charge in [-0.1, -0.05) is 25.2 Å². The Labute approximate surface area is 86.3 Å². The van der Waals surface area contributed by atoms with Crippen molar-refractivity contribution in [2.24, 2.45) is 0 Å². The number of esters is 1. The minimum absolute atomic E-state index is 0.280. The van der Waals surface area contributed by atoms with Gasteiger partial charge in [0.25, 0.3) is 0 Å². The highest BCUT2D eigenvalue weighted by atomic mass is 16.5. The summed E-state index contributed by atoms with van der Waals surface area (Å²) in [7, 11) is 0. The second-order valence-electron chi connectivity index (χ2n) is 2.97. The van der Waals surface area contributed by atoms with Gasteiger partial charge in [-0.3, -0.25) is 0 Å². The number of carbonyl (C=O) groups excluding carboxylic acids is 1. The van der Waals surface area contributed by atoms with Crippen LogP contribution in [0.15, 0.2) is 11.6 Å². The van der Waals surface area contributed by atoms with E-state index in [4.69, 9.17) is 4.74 Å². The second kappa shape index (κ2) is 8.37. The Morgan fingerprint density at radius 3 is 2.71 bits per heavy atom. The average molecular weight is 194 g/mol. The minimum Gasteiger partial charge on any atom is -0.463 e. The van der Waals surface area contributed by atoms with Gasteiger partial charge in [0.15, 0.2) is 0 Å². The highest BCUT2D eigenvalue weighted by Crippen LogP contribution is 1.96. The first kappa shape index (κ1) is 12.8. The Morgan fingerprint density at radius 1 is 1.43 bits per heavy atom. The van der Waals surface area contributed by atoms with Crippen molar-refractivity contribution in [3.8, 4) is 11.8 Å². The van der Waals surface area contributed by atoms with Crippen LogP contribution in [0.3, 0.4) is 0 Å². The van der Waals surface area contributed by atoms with Gasteiger partial charge in [0.05, 0.1) is 6.61 Å². The second-order valence-corrected chi connectivity index (χ2v) is 2.97. The van der Waals surface area contributed by atoms with Crippen molar-refractivity contribution in [3.05, 3.63) is 11.6 Å². The van der Waals surface area contributed by atoms with Crippen LogP contribution in [0.1, 0.15) is 40.0 Å². The Kier molecular flexibility index (Phi) is 7.64. The van der Waals surface area contributed by atoms with Gasteiger partial charge >= 0.3 is 5.97 Å². The summed E-state index contributed by atoms with van der Waals surface area (Å²) < 4.78 is 4.81. The molecule has 0 saturated heterocycles. The molecule has 0 heterocycles. The van der Waals surface area contributed by atoms with Crippen molar-refractivity contribution in [2.75, 3.05) is 6.61 Å². The van der Waals surface area contributed by atoms with Gasteiger partial charge in [-0.15, -0.1) is 0 Å². The maximum absolute atomic E-state index is 11.1. The van der Waals surface area contributed by atoms with Crippen LogP contribution in [0.2, 0.25) is 0 Å². The van der Waals surface area contributed by atoms with Gasteiger partial charge in [-0.25, -0.2) is 4.79 Å². The molecule has 0 bridgehead atoms. The molecule has 14 heavy (non-hydrogen) atoms. The molecule has 0 radical (unpaired) electrons. The molecule has 78 valence electrons. The van der Waals surface area contributed by atoms with Gasteiger partial charge in [-0.05, 0) is 26.3 Å². The Bertz CT molecular complexity index is 253. The largest absolute Gasteiger partial charge is 0.463 e. The lowest BCUT2D eigenvalue weighted by Crippen LogP contribution is -2.04. The van der Waals surface area contributed by atoms with E-state index >= 15 is 0 Å². The van der Waals surface area contributed by atoms with Crippen LogP contribution in [-0.4, -0.2) is 12.6 Å². The zero-order valence-corrected chi connectivity index (χ0v) is 9.22. The summed E-state index contributed by atoms with van der Waals surface area (Å²) in [6.45, 7) is 6.04. The fourth-order valence-electron chi connectivity index (χ4n) is 0.800. The highest BCUT2D eigenvalue weighted by molar-refractivity contribution is 5.88. The Morgan fingerprint density at radius 2 is 2.14 bits per heavy atom. The first-order chi connectivity index (χ1) is 6.72. The monoisotopic (exact) mass is 194 g/mol. The van der Waals surface area contributed by atoms with Gasteiger partial charge in [0.2, 0.25) is 0 Å². The lowest BCUT2D eigenvalue weighted by molar-refractivity contribution is -0.138. The molecule has 0 amide bonds. The first-order valence-electron chi connectivity index (χ1n) is 5.04. The third kappa shape index (κ3) is 6.30. The van der Waals surface area contributed by atoms with E-state index in [-0.39, 0.29) is 5.97 Å². The molecule has 0 rings (SSSR count). The summed E-state index contributed by atoms with van der Waals surface area (Å²) in [5, 5.41) is 0. The van der Waals surface area contributed by atoms with E-state index in [1.165, 1.54) is 0 Å². The van der Waals surface area contributed by atoms with E-state index in [0.717, 1.165) is 19.3 Å². The maximum Gasteiger partial charge on any atom is 0.334 e. The Balaban J connectivity index is 3.95. The van der Waals surface area contributed by atoms with E-state index in [0.29, 0.717) is 12.2 Å². The molecule has 0 saturated carbocycles. The normalized spacial score (nSPS) is 10.4. The molecule has 2 nitrogen and oxygen atoms in total. The van der Waals surface area contributed by atoms with Gasteiger partial charge in [-0.2, -0.15) is 0 Å². The van der Waals surface area contributed by atoms with E-state index in [2.05, 4.69) is 18.8 Å². The van der Waals surface area contributed by atoms with E-state index < -0.39 is 0 Å². The third-order valence-electron chi connectivity index (χ3n) is 1.64. The number of hydrogen-bond acceptors (Lipinski definition) is 2. The summed E-state index contributed by atoms with van der Waals surface area (Å²) in [5.74, 6) is 5.55. The lowest BCUT2D eigenvalue weighted by atomic mass is 10.2. The molecule has 0 aromatic rings. The smallest absolute Gasteiger partial charge is 0.334 e. The van der Waals surface area contributed by atoms with Crippen LogP contribution in [0.25, 0.3) is 0 Å². The van der Waals surface area contributed by atoms with E-state index in [9.17, 15) is 4.79 Å². The molecule has 0 aliphatic heterocycles. The van der Waals surface area contributed by atoms with Crippen molar-refractivity contribution < 1.29 is 9.53 Å². The number of hydrogen-bond donors (Lipinski definition) is 0. The molecular weight excluding hydrogens is 176 g/mol. The molecule has 0 spiro atoms. The third-order valence-corrected chi connectivity index (χ3v) is 1.64. The zero-order valence-electron chi connectivity index (χ0n) is 9.22. The number of rotatable bonds is 4. The van der Waals surface area contributed by atoms with Crippen molar-refractivity contribution in [1.82, 2.24) is 0 Å².